The fraction of sp³-hybridized carbons (Fsp3) is 0.312. The van der Waals surface area contributed by atoms with Crippen molar-refractivity contribution in [2.75, 3.05) is 0 Å². The van der Waals surface area contributed by atoms with Gasteiger partial charge in [0.15, 0.2) is 0 Å². The Bertz CT molecular complexity index is 657. The molecule has 0 bridgehead atoms. The highest BCUT2D eigenvalue weighted by Gasteiger charge is 2.24. The molecule has 1 aromatic heterocycles. The summed E-state index contributed by atoms with van der Waals surface area (Å²) in [7, 11) is 0. The van der Waals surface area contributed by atoms with Crippen molar-refractivity contribution in [2.45, 2.75) is 32.3 Å². The van der Waals surface area contributed by atoms with Crippen LogP contribution >= 0.6 is 0 Å². The molecule has 1 aromatic carbocycles. The van der Waals surface area contributed by atoms with Crippen molar-refractivity contribution in [2.24, 2.45) is 0 Å². The van der Waals surface area contributed by atoms with E-state index in [1.807, 2.05) is 0 Å². The maximum absolute atomic E-state index is 5.90. The summed E-state index contributed by atoms with van der Waals surface area (Å²) in [5.74, 6) is 1.19. The number of benzene rings is 1. The second-order valence-electron chi connectivity index (χ2n) is 5.09. The summed E-state index contributed by atoms with van der Waals surface area (Å²) < 4.78 is 5.90. The lowest BCUT2D eigenvalue weighted by molar-refractivity contribution is 0.179. The molecule has 1 aliphatic heterocycles. The maximum Gasteiger partial charge on any atom is 0.115 e. The summed E-state index contributed by atoms with van der Waals surface area (Å²) in [5, 5.41) is 1.21. The number of rotatable bonds is 0. The molecule has 0 amide bonds. The van der Waals surface area contributed by atoms with Gasteiger partial charge in [-0.3, -0.25) is 0 Å². The Morgan fingerprint density at radius 1 is 1.06 bits per heavy atom. The molecule has 2 heterocycles. The fourth-order valence-corrected chi connectivity index (χ4v) is 2.98. The molecule has 18 heavy (non-hydrogen) atoms. The minimum Gasteiger partial charge on any atom is -0.493 e. The van der Waals surface area contributed by atoms with Crippen LogP contribution in [0, 0.1) is 0 Å². The molecule has 0 saturated carbocycles. The van der Waals surface area contributed by atoms with E-state index in [0.29, 0.717) is 6.61 Å². The zero-order chi connectivity index (χ0) is 11.9. The predicted octanol–water partition coefficient (Wildman–Crippen LogP) is 4.05. The molecule has 0 N–H and O–H groups in total. The Labute approximate surface area is 106 Å². The lowest BCUT2D eigenvalue weighted by Crippen LogP contribution is -2.12. The first kappa shape index (κ1) is 10.1. The van der Waals surface area contributed by atoms with Gasteiger partial charge in [-0.2, -0.15) is 0 Å². The minimum atomic E-state index is 0.687. The van der Waals surface area contributed by atoms with Gasteiger partial charge in [-0.15, -0.1) is 0 Å². The predicted molar refractivity (Wildman–Crippen MR) is 71.9 cm³/mol. The third-order valence-electron chi connectivity index (χ3n) is 3.91. The van der Waals surface area contributed by atoms with E-state index >= 15 is 0 Å². The molecule has 1 aliphatic carbocycles. The molecule has 4 rings (SSSR count). The van der Waals surface area contributed by atoms with E-state index in [2.05, 4.69) is 30.3 Å². The van der Waals surface area contributed by atoms with Crippen molar-refractivity contribution in [3.05, 3.63) is 47.3 Å². The lowest BCUT2D eigenvalue weighted by atomic mass is 9.91. The van der Waals surface area contributed by atoms with Crippen molar-refractivity contribution in [3.63, 3.8) is 0 Å². The fourth-order valence-electron chi connectivity index (χ4n) is 2.98. The van der Waals surface area contributed by atoms with Crippen molar-refractivity contribution in [1.82, 2.24) is 4.98 Å². The van der Waals surface area contributed by atoms with Crippen LogP contribution in [0.1, 0.15) is 36.9 Å². The minimum absolute atomic E-state index is 0.687. The molecule has 0 radical (unpaired) electrons. The quantitative estimate of drug-likeness (QED) is 0.689. The monoisotopic (exact) mass is 237 g/mol. The van der Waals surface area contributed by atoms with Crippen LogP contribution in [0.4, 0.5) is 0 Å². The molecule has 0 saturated heterocycles. The second kappa shape index (κ2) is 3.84. The first-order chi connectivity index (χ1) is 8.92. The molecular formula is C16H15NO. The van der Waals surface area contributed by atoms with Gasteiger partial charge >= 0.3 is 0 Å². The van der Waals surface area contributed by atoms with Gasteiger partial charge in [0, 0.05) is 22.9 Å². The topological polar surface area (TPSA) is 22.1 Å². The Hall–Kier alpha value is -1.83. The van der Waals surface area contributed by atoms with Gasteiger partial charge in [0.2, 0.25) is 0 Å². The van der Waals surface area contributed by atoms with Gasteiger partial charge in [0.25, 0.3) is 0 Å². The Morgan fingerprint density at radius 2 is 1.94 bits per heavy atom. The normalized spacial score (nSPS) is 18.2. The lowest BCUT2D eigenvalue weighted by Gasteiger charge is -2.27. The van der Waals surface area contributed by atoms with E-state index in [1.54, 1.807) is 0 Å². The van der Waals surface area contributed by atoms with Crippen molar-refractivity contribution >= 4 is 16.5 Å². The highest BCUT2D eigenvalue weighted by Crippen LogP contribution is 2.38. The number of ether oxygens (including phenoxy) is 1. The zero-order valence-electron chi connectivity index (χ0n) is 10.3. The van der Waals surface area contributed by atoms with Gasteiger partial charge in [0.05, 0.1) is 11.2 Å². The number of para-hydroxylation sites is 1. The van der Waals surface area contributed by atoms with Crippen molar-refractivity contribution < 1.29 is 4.74 Å². The number of fused-ring (bicyclic) bond motifs is 3. The average molecular weight is 237 g/mol. The van der Waals surface area contributed by atoms with Crippen LogP contribution in [0.5, 0.6) is 0 Å². The smallest absolute Gasteiger partial charge is 0.115 e. The number of hydrogen-bond donors (Lipinski definition) is 0. The zero-order valence-corrected chi connectivity index (χ0v) is 10.3. The van der Waals surface area contributed by atoms with Crippen LogP contribution < -0.4 is 0 Å². The van der Waals surface area contributed by atoms with E-state index in [0.717, 1.165) is 18.4 Å². The Morgan fingerprint density at radius 3 is 2.94 bits per heavy atom. The second-order valence-corrected chi connectivity index (χ2v) is 5.09. The van der Waals surface area contributed by atoms with Gasteiger partial charge in [-0.1, -0.05) is 18.2 Å². The first-order valence-electron chi connectivity index (χ1n) is 6.66. The van der Waals surface area contributed by atoms with Crippen LogP contribution in [0.15, 0.2) is 36.1 Å². The molecule has 0 unspecified atom stereocenters. The summed E-state index contributed by atoms with van der Waals surface area (Å²) in [6, 6.07) is 10.6. The molecule has 2 aliphatic rings. The highest BCUT2D eigenvalue weighted by molar-refractivity contribution is 5.83. The van der Waals surface area contributed by atoms with Crippen LogP contribution in [-0.2, 0) is 11.3 Å². The molecule has 90 valence electrons. The first-order valence-corrected chi connectivity index (χ1v) is 6.66. The number of hydrogen-bond acceptors (Lipinski definition) is 2. The number of allylic oxidation sites excluding steroid dienone is 2. The van der Waals surface area contributed by atoms with E-state index < -0.39 is 0 Å². The molecule has 2 nitrogen and oxygen atoms in total. The van der Waals surface area contributed by atoms with E-state index in [-0.39, 0.29) is 0 Å². The molecular weight excluding hydrogens is 222 g/mol. The molecule has 0 spiro atoms. The standard InChI is InChI=1S/C16H15NO/c1-3-7-14-11(5-1)9-12-10-18-15-8-4-2-6-13(15)16(12)17-14/h1,3,5,7,9H,2,4,6,8,10H2. The Balaban J connectivity index is 1.97. The number of aromatic nitrogens is 1. The summed E-state index contributed by atoms with van der Waals surface area (Å²) >= 11 is 0. The van der Waals surface area contributed by atoms with Crippen LogP contribution in [0.25, 0.3) is 16.5 Å². The molecule has 2 aromatic rings. The number of nitrogens with zero attached hydrogens (tertiary/aromatic N) is 1. The van der Waals surface area contributed by atoms with E-state index in [1.165, 1.54) is 40.8 Å². The third-order valence-corrected chi connectivity index (χ3v) is 3.91. The third kappa shape index (κ3) is 1.45. The average Bonchev–Trinajstić information content (AvgIpc) is 2.45. The summed E-state index contributed by atoms with van der Waals surface area (Å²) in [4.78, 5) is 4.86. The van der Waals surface area contributed by atoms with Crippen LogP contribution in [0.2, 0.25) is 0 Å². The molecule has 2 heteroatoms. The number of pyridine rings is 1. The van der Waals surface area contributed by atoms with Crippen LogP contribution in [-0.4, -0.2) is 4.98 Å². The van der Waals surface area contributed by atoms with Gasteiger partial charge in [0.1, 0.15) is 12.4 Å². The van der Waals surface area contributed by atoms with Gasteiger partial charge < -0.3 is 4.74 Å². The summed E-state index contributed by atoms with van der Waals surface area (Å²) in [5.41, 5.74) is 4.88. The SMILES string of the molecule is c1ccc2nc3c(cc2c1)COC1=C3CCCC1. The maximum atomic E-state index is 5.90. The van der Waals surface area contributed by atoms with Crippen molar-refractivity contribution in [1.29, 1.82) is 0 Å². The molecule has 0 atom stereocenters. The highest BCUT2D eigenvalue weighted by atomic mass is 16.5. The molecule has 0 fully saturated rings. The Kier molecular flexibility index (Phi) is 2.16. The van der Waals surface area contributed by atoms with E-state index in [4.69, 9.17) is 9.72 Å². The van der Waals surface area contributed by atoms with E-state index in [9.17, 15) is 0 Å². The summed E-state index contributed by atoms with van der Waals surface area (Å²) in [6.07, 6.45) is 4.72. The van der Waals surface area contributed by atoms with Crippen LogP contribution in [0.3, 0.4) is 0 Å². The van der Waals surface area contributed by atoms with Crippen molar-refractivity contribution in [3.8, 4) is 0 Å². The summed E-state index contributed by atoms with van der Waals surface area (Å²) in [6.45, 7) is 0.687. The largest absolute Gasteiger partial charge is 0.493 e. The van der Waals surface area contributed by atoms with Gasteiger partial charge in [-0.05, 0) is 31.4 Å². The van der Waals surface area contributed by atoms with Gasteiger partial charge in [-0.25, -0.2) is 4.98 Å².